The lowest BCUT2D eigenvalue weighted by atomic mass is 10.2. The number of anilines is 2. The summed E-state index contributed by atoms with van der Waals surface area (Å²) in [5.41, 5.74) is 2.18. The summed E-state index contributed by atoms with van der Waals surface area (Å²) in [6.07, 6.45) is 6.78. The zero-order chi connectivity index (χ0) is 22.2. The van der Waals surface area contributed by atoms with Crippen molar-refractivity contribution < 1.29 is 9.18 Å². The van der Waals surface area contributed by atoms with Crippen LogP contribution in [0.3, 0.4) is 0 Å². The van der Waals surface area contributed by atoms with Crippen LogP contribution in [-0.4, -0.2) is 47.0 Å². The molecule has 7 heteroatoms. The smallest absolute Gasteiger partial charge is 0.251 e. The van der Waals surface area contributed by atoms with Gasteiger partial charge in [-0.3, -0.25) is 4.79 Å². The minimum Gasteiger partial charge on any atom is -0.351 e. The van der Waals surface area contributed by atoms with Crippen LogP contribution in [0, 0.1) is 5.82 Å². The van der Waals surface area contributed by atoms with Crippen LogP contribution in [0.15, 0.2) is 60.8 Å². The standard InChI is InChI=1S/C25H28FN5O/c26-21-9-5-19(6-10-21)24-27-14-13-23(30-24)29-22-11-7-20(8-12-22)25(32)28-15-18-31-16-3-1-2-4-17-31/h5-14H,1-4,15-18H2,(H,28,32)(H,27,29,30). The highest BCUT2D eigenvalue weighted by atomic mass is 19.1. The lowest BCUT2D eigenvalue weighted by Crippen LogP contribution is -2.35. The highest BCUT2D eigenvalue weighted by Crippen LogP contribution is 2.20. The summed E-state index contributed by atoms with van der Waals surface area (Å²) in [7, 11) is 0. The van der Waals surface area contributed by atoms with Crippen molar-refractivity contribution >= 4 is 17.4 Å². The second kappa shape index (κ2) is 10.8. The average molecular weight is 434 g/mol. The molecule has 3 aromatic rings. The van der Waals surface area contributed by atoms with Crippen molar-refractivity contribution in [3.8, 4) is 11.4 Å². The van der Waals surface area contributed by atoms with Crippen molar-refractivity contribution in [2.24, 2.45) is 0 Å². The molecule has 1 saturated heterocycles. The highest BCUT2D eigenvalue weighted by Gasteiger charge is 2.10. The molecule has 1 aliphatic heterocycles. The Bertz CT molecular complexity index is 1020. The van der Waals surface area contributed by atoms with Crippen LogP contribution in [0.1, 0.15) is 36.0 Å². The maximum absolute atomic E-state index is 13.1. The van der Waals surface area contributed by atoms with Gasteiger partial charge < -0.3 is 15.5 Å². The summed E-state index contributed by atoms with van der Waals surface area (Å²) in [4.78, 5) is 23.6. The van der Waals surface area contributed by atoms with Gasteiger partial charge in [-0.25, -0.2) is 14.4 Å². The second-order valence-electron chi connectivity index (χ2n) is 7.99. The molecule has 0 saturated carbocycles. The third-order valence-electron chi connectivity index (χ3n) is 5.59. The Morgan fingerprint density at radius 2 is 1.66 bits per heavy atom. The monoisotopic (exact) mass is 433 g/mol. The quantitative estimate of drug-likeness (QED) is 0.568. The Morgan fingerprint density at radius 1 is 0.938 bits per heavy atom. The molecule has 0 spiro atoms. The Hall–Kier alpha value is -3.32. The van der Waals surface area contributed by atoms with Gasteiger partial charge in [0.2, 0.25) is 0 Å². The van der Waals surface area contributed by atoms with Crippen molar-refractivity contribution in [3.05, 3.63) is 72.2 Å². The molecule has 2 aromatic carbocycles. The number of carbonyl (C=O) groups is 1. The molecule has 1 amide bonds. The third-order valence-corrected chi connectivity index (χ3v) is 5.59. The first-order valence-electron chi connectivity index (χ1n) is 11.1. The van der Waals surface area contributed by atoms with E-state index >= 15 is 0 Å². The van der Waals surface area contributed by atoms with Crippen LogP contribution < -0.4 is 10.6 Å². The molecule has 2 N–H and O–H groups in total. The second-order valence-corrected chi connectivity index (χ2v) is 7.99. The van der Waals surface area contributed by atoms with E-state index in [9.17, 15) is 9.18 Å². The van der Waals surface area contributed by atoms with E-state index in [2.05, 4.69) is 25.5 Å². The Kier molecular flexibility index (Phi) is 7.40. The highest BCUT2D eigenvalue weighted by molar-refractivity contribution is 5.94. The number of halogens is 1. The predicted molar refractivity (Wildman–Crippen MR) is 124 cm³/mol. The lowest BCUT2D eigenvalue weighted by molar-refractivity contribution is 0.0948. The van der Waals surface area contributed by atoms with Crippen LogP contribution >= 0.6 is 0 Å². The predicted octanol–water partition coefficient (Wildman–Crippen LogP) is 4.63. The zero-order valence-corrected chi connectivity index (χ0v) is 18.1. The van der Waals surface area contributed by atoms with Gasteiger partial charge in [0, 0.05) is 36.1 Å². The van der Waals surface area contributed by atoms with E-state index in [0.29, 0.717) is 23.8 Å². The number of amides is 1. The van der Waals surface area contributed by atoms with E-state index in [-0.39, 0.29) is 11.7 Å². The van der Waals surface area contributed by atoms with Crippen molar-refractivity contribution in [2.75, 3.05) is 31.5 Å². The molecule has 6 nitrogen and oxygen atoms in total. The summed E-state index contributed by atoms with van der Waals surface area (Å²) >= 11 is 0. The molecule has 0 unspecified atom stereocenters. The first kappa shape index (κ1) is 21.9. The number of likely N-dealkylation sites (tertiary alicyclic amines) is 1. The summed E-state index contributed by atoms with van der Waals surface area (Å²) in [5.74, 6) is 0.769. The SMILES string of the molecule is O=C(NCCN1CCCCCC1)c1ccc(Nc2ccnc(-c3ccc(F)cc3)n2)cc1. The van der Waals surface area contributed by atoms with Crippen molar-refractivity contribution in [1.29, 1.82) is 0 Å². The Morgan fingerprint density at radius 3 is 2.38 bits per heavy atom. The maximum atomic E-state index is 13.1. The van der Waals surface area contributed by atoms with E-state index in [4.69, 9.17) is 0 Å². The average Bonchev–Trinajstić information content (AvgIpc) is 3.09. The van der Waals surface area contributed by atoms with Gasteiger partial charge in [0.25, 0.3) is 5.91 Å². The van der Waals surface area contributed by atoms with Crippen LogP contribution in [-0.2, 0) is 0 Å². The van der Waals surface area contributed by atoms with Gasteiger partial charge in [-0.2, -0.15) is 0 Å². The van der Waals surface area contributed by atoms with E-state index in [1.807, 2.05) is 12.1 Å². The van der Waals surface area contributed by atoms with Gasteiger partial charge in [0.15, 0.2) is 5.82 Å². The molecule has 1 fully saturated rings. The molecule has 0 bridgehead atoms. The van der Waals surface area contributed by atoms with Gasteiger partial charge in [0.1, 0.15) is 11.6 Å². The molecule has 166 valence electrons. The molecule has 32 heavy (non-hydrogen) atoms. The van der Waals surface area contributed by atoms with E-state index in [0.717, 1.165) is 30.9 Å². The van der Waals surface area contributed by atoms with Crippen LogP contribution in [0.4, 0.5) is 15.9 Å². The van der Waals surface area contributed by atoms with Crippen molar-refractivity contribution in [2.45, 2.75) is 25.7 Å². The van der Waals surface area contributed by atoms with Crippen LogP contribution in [0.25, 0.3) is 11.4 Å². The Labute approximate surface area is 187 Å². The minimum absolute atomic E-state index is 0.0630. The number of carbonyl (C=O) groups excluding carboxylic acids is 1. The summed E-state index contributed by atoms with van der Waals surface area (Å²) < 4.78 is 13.1. The van der Waals surface area contributed by atoms with Crippen LogP contribution in [0.5, 0.6) is 0 Å². The fourth-order valence-electron chi connectivity index (χ4n) is 3.81. The van der Waals surface area contributed by atoms with Gasteiger partial charge in [-0.1, -0.05) is 12.8 Å². The van der Waals surface area contributed by atoms with Gasteiger partial charge in [-0.15, -0.1) is 0 Å². The number of hydrogen-bond acceptors (Lipinski definition) is 5. The van der Waals surface area contributed by atoms with Crippen LogP contribution in [0.2, 0.25) is 0 Å². The fraction of sp³-hybridized carbons (Fsp3) is 0.320. The number of nitrogens with one attached hydrogen (secondary N) is 2. The number of aromatic nitrogens is 2. The van der Waals surface area contributed by atoms with Gasteiger partial charge in [0.05, 0.1) is 0 Å². The normalized spacial score (nSPS) is 14.5. The largest absolute Gasteiger partial charge is 0.351 e. The molecule has 0 atom stereocenters. The minimum atomic E-state index is -0.297. The lowest BCUT2D eigenvalue weighted by Gasteiger charge is -2.19. The first-order chi connectivity index (χ1) is 15.7. The van der Waals surface area contributed by atoms with Gasteiger partial charge >= 0.3 is 0 Å². The van der Waals surface area contributed by atoms with E-state index in [1.54, 1.807) is 36.5 Å². The summed E-state index contributed by atoms with van der Waals surface area (Å²) in [5, 5.41) is 6.24. The van der Waals surface area contributed by atoms with Crippen molar-refractivity contribution in [1.82, 2.24) is 20.2 Å². The third kappa shape index (κ3) is 6.11. The first-order valence-corrected chi connectivity index (χ1v) is 11.1. The molecular weight excluding hydrogens is 405 g/mol. The molecule has 1 aromatic heterocycles. The number of nitrogens with zero attached hydrogens (tertiary/aromatic N) is 3. The molecular formula is C25H28FN5O. The molecule has 1 aliphatic rings. The molecule has 2 heterocycles. The topological polar surface area (TPSA) is 70.2 Å². The fourth-order valence-corrected chi connectivity index (χ4v) is 3.81. The summed E-state index contributed by atoms with van der Waals surface area (Å²) in [6.45, 7) is 3.81. The van der Waals surface area contributed by atoms with E-state index in [1.165, 1.54) is 37.8 Å². The maximum Gasteiger partial charge on any atom is 0.251 e. The van der Waals surface area contributed by atoms with Gasteiger partial charge in [-0.05, 0) is 80.5 Å². The molecule has 0 radical (unpaired) electrons. The van der Waals surface area contributed by atoms with Crippen molar-refractivity contribution in [3.63, 3.8) is 0 Å². The molecule has 4 rings (SSSR count). The number of hydrogen-bond donors (Lipinski definition) is 2. The number of benzene rings is 2. The Balaban J connectivity index is 1.31. The summed E-state index contributed by atoms with van der Waals surface area (Å²) in [6, 6.07) is 15.1. The van der Waals surface area contributed by atoms with E-state index < -0.39 is 0 Å². The molecule has 0 aliphatic carbocycles. The number of rotatable bonds is 7. The zero-order valence-electron chi connectivity index (χ0n) is 18.1.